The molecule has 34 heavy (non-hydrogen) atoms. The third-order valence-electron chi connectivity index (χ3n) is 5.15. The number of amides is 3. The Morgan fingerprint density at radius 2 is 1.79 bits per heavy atom. The van der Waals surface area contributed by atoms with Crippen molar-refractivity contribution in [3.05, 3.63) is 47.7 Å². The smallest absolute Gasteiger partial charge is 0.286 e. The Balaban J connectivity index is 1.81. The molecule has 2 unspecified atom stereocenters. The molecule has 180 valence electrons. The van der Waals surface area contributed by atoms with Gasteiger partial charge in [-0.1, -0.05) is 65.0 Å². The average Bonchev–Trinajstić information content (AvgIpc) is 3.29. The van der Waals surface area contributed by atoms with E-state index in [9.17, 15) is 19.2 Å². The molecule has 2 heterocycles. The normalized spacial score (nSPS) is 17.6. The van der Waals surface area contributed by atoms with E-state index in [4.69, 9.17) is 10.2 Å². The summed E-state index contributed by atoms with van der Waals surface area (Å²) in [5.74, 6) is -2.93. The molecule has 11 nitrogen and oxygen atoms in total. The fourth-order valence-corrected chi connectivity index (χ4v) is 3.23. The molecule has 0 saturated heterocycles. The highest BCUT2D eigenvalue weighted by Gasteiger charge is 2.38. The Bertz CT molecular complexity index is 1130. The lowest BCUT2D eigenvalue weighted by Gasteiger charge is -2.30. The summed E-state index contributed by atoms with van der Waals surface area (Å²) in [7, 11) is 0. The number of rotatable bonds is 7. The SMILES string of the molecule is CC(C)C(NC(=O)CN1C(=O)C(N)C(=O)N=C1c1ccccc1)C(=O)c1nnc(C(C)(C)C)o1. The van der Waals surface area contributed by atoms with Crippen molar-refractivity contribution in [3.63, 3.8) is 0 Å². The van der Waals surface area contributed by atoms with E-state index in [2.05, 4.69) is 20.5 Å². The number of nitrogens with two attached hydrogens (primary N) is 1. The van der Waals surface area contributed by atoms with Crippen LogP contribution < -0.4 is 11.1 Å². The van der Waals surface area contributed by atoms with Gasteiger partial charge in [-0.05, 0) is 5.92 Å². The van der Waals surface area contributed by atoms with Crippen molar-refractivity contribution in [1.82, 2.24) is 20.4 Å². The molecule has 0 saturated carbocycles. The first-order chi connectivity index (χ1) is 15.9. The summed E-state index contributed by atoms with van der Waals surface area (Å²) in [6, 6.07) is 6.02. The lowest BCUT2D eigenvalue weighted by molar-refractivity contribution is -0.138. The van der Waals surface area contributed by atoms with E-state index < -0.39 is 47.5 Å². The quantitative estimate of drug-likeness (QED) is 0.446. The number of aliphatic imine (C=N–C) groups is 1. The third kappa shape index (κ3) is 5.25. The second-order valence-corrected chi connectivity index (χ2v) is 9.36. The zero-order valence-corrected chi connectivity index (χ0v) is 19.7. The van der Waals surface area contributed by atoms with Gasteiger partial charge in [0.2, 0.25) is 17.6 Å². The molecule has 0 aliphatic carbocycles. The molecule has 0 fully saturated rings. The number of nitrogens with one attached hydrogen (secondary N) is 1. The molecule has 3 N–H and O–H groups in total. The highest BCUT2D eigenvalue weighted by molar-refractivity contribution is 6.23. The van der Waals surface area contributed by atoms with E-state index in [0.29, 0.717) is 11.5 Å². The van der Waals surface area contributed by atoms with Gasteiger partial charge in [-0.25, -0.2) is 0 Å². The standard InChI is InChI=1S/C23H28N6O5/c1-12(2)16(17(31)20-27-28-22(34-20)23(3,4)5)25-14(30)11-29-18(13-9-7-6-8-10-13)26-19(32)15(24)21(29)33/h6-10,12,15-16H,11,24H2,1-5H3,(H,25,30). The van der Waals surface area contributed by atoms with E-state index in [-0.39, 0.29) is 17.6 Å². The van der Waals surface area contributed by atoms with Gasteiger partial charge in [0.05, 0.1) is 6.04 Å². The maximum atomic E-state index is 13.0. The van der Waals surface area contributed by atoms with Gasteiger partial charge in [0.15, 0.2) is 6.04 Å². The second kappa shape index (κ2) is 9.64. The number of hydrogen-bond acceptors (Lipinski definition) is 8. The van der Waals surface area contributed by atoms with E-state index in [1.54, 1.807) is 44.2 Å². The van der Waals surface area contributed by atoms with E-state index in [0.717, 1.165) is 4.90 Å². The molecule has 1 aromatic heterocycles. The van der Waals surface area contributed by atoms with Crippen LogP contribution in [0.15, 0.2) is 39.7 Å². The van der Waals surface area contributed by atoms with E-state index in [1.807, 2.05) is 20.8 Å². The van der Waals surface area contributed by atoms with Crippen molar-refractivity contribution < 1.29 is 23.6 Å². The molecule has 1 aliphatic rings. The van der Waals surface area contributed by atoms with Crippen LogP contribution in [0.2, 0.25) is 0 Å². The van der Waals surface area contributed by atoms with Crippen molar-refractivity contribution in [3.8, 4) is 0 Å². The Morgan fingerprint density at radius 1 is 1.15 bits per heavy atom. The number of benzene rings is 1. The second-order valence-electron chi connectivity index (χ2n) is 9.36. The van der Waals surface area contributed by atoms with Crippen LogP contribution in [0.1, 0.15) is 56.8 Å². The fraction of sp³-hybridized carbons (Fsp3) is 0.435. The molecule has 1 aliphatic heterocycles. The van der Waals surface area contributed by atoms with Crippen LogP contribution >= 0.6 is 0 Å². The van der Waals surface area contributed by atoms with Crippen LogP contribution in [0, 0.1) is 5.92 Å². The lowest BCUT2D eigenvalue weighted by Crippen LogP contribution is -2.58. The van der Waals surface area contributed by atoms with Crippen molar-refractivity contribution in [2.75, 3.05) is 6.54 Å². The Labute approximate surface area is 196 Å². The molecular formula is C23H28N6O5. The Hall–Kier alpha value is -3.73. The minimum atomic E-state index is -1.50. The highest BCUT2D eigenvalue weighted by Crippen LogP contribution is 2.21. The molecule has 0 bridgehead atoms. The topological polar surface area (TPSA) is 161 Å². The summed E-state index contributed by atoms with van der Waals surface area (Å²) in [6.07, 6.45) is 0. The van der Waals surface area contributed by atoms with Crippen LogP contribution in [-0.4, -0.2) is 63.1 Å². The number of aromatic nitrogens is 2. The number of ketones is 1. The maximum absolute atomic E-state index is 13.0. The first-order valence-corrected chi connectivity index (χ1v) is 10.8. The summed E-state index contributed by atoms with van der Waals surface area (Å²) in [5.41, 5.74) is 5.71. The fourth-order valence-electron chi connectivity index (χ4n) is 3.23. The lowest BCUT2D eigenvalue weighted by atomic mass is 9.97. The summed E-state index contributed by atoms with van der Waals surface area (Å²) < 4.78 is 5.53. The van der Waals surface area contributed by atoms with Gasteiger partial charge >= 0.3 is 0 Å². The molecule has 3 rings (SSSR count). The van der Waals surface area contributed by atoms with Gasteiger partial charge in [0.25, 0.3) is 17.7 Å². The number of hydrogen-bond donors (Lipinski definition) is 2. The Kier molecular flexibility index (Phi) is 7.06. The first-order valence-electron chi connectivity index (χ1n) is 10.8. The van der Waals surface area contributed by atoms with E-state index >= 15 is 0 Å². The summed E-state index contributed by atoms with van der Waals surface area (Å²) in [6.45, 7) is 8.62. The van der Waals surface area contributed by atoms with Gasteiger partial charge < -0.3 is 15.5 Å². The summed E-state index contributed by atoms with van der Waals surface area (Å²) in [4.78, 5) is 55.7. The highest BCUT2D eigenvalue weighted by atomic mass is 16.4. The van der Waals surface area contributed by atoms with Gasteiger partial charge in [-0.15, -0.1) is 10.2 Å². The largest absolute Gasteiger partial charge is 0.418 e. The molecule has 3 amide bonds. The molecule has 2 aromatic rings. The molecule has 11 heteroatoms. The van der Waals surface area contributed by atoms with Gasteiger partial charge in [-0.3, -0.25) is 24.1 Å². The number of amidine groups is 1. The van der Waals surface area contributed by atoms with E-state index in [1.165, 1.54) is 0 Å². The minimum absolute atomic E-state index is 0.0200. The van der Waals surface area contributed by atoms with Crippen LogP contribution in [-0.2, 0) is 19.8 Å². The van der Waals surface area contributed by atoms with Gasteiger partial charge in [0, 0.05) is 11.0 Å². The zero-order chi connectivity index (χ0) is 25.2. The van der Waals surface area contributed by atoms with Crippen LogP contribution in [0.25, 0.3) is 0 Å². The van der Waals surface area contributed by atoms with Crippen LogP contribution in [0.4, 0.5) is 0 Å². The summed E-state index contributed by atoms with van der Waals surface area (Å²) >= 11 is 0. The van der Waals surface area contributed by atoms with Crippen LogP contribution in [0.3, 0.4) is 0 Å². The predicted molar refractivity (Wildman–Crippen MR) is 122 cm³/mol. The monoisotopic (exact) mass is 468 g/mol. The van der Waals surface area contributed by atoms with Crippen molar-refractivity contribution in [1.29, 1.82) is 0 Å². The molecular weight excluding hydrogens is 440 g/mol. The van der Waals surface area contributed by atoms with Crippen molar-refractivity contribution in [2.45, 2.75) is 52.1 Å². The van der Waals surface area contributed by atoms with Crippen molar-refractivity contribution in [2.24, 2.45) is 16.6 Å². The molecule has 0 spiro atoms. The molecule has 0 radical (unpaired) electrons. The van der Waals surface area contributed by atoms with Crippen molar-refractivity contribution >= 4 is 29.3 Å². The maximum Gasteiger partial charge on any atom is 0.286 e. The number of carbonyl (C=O) groups excluding carboxylic acids is 4. The minimum Gasteiger partial charge on any atom is -0.418 e. The molecule has 1 aromatic carbocycles. The zero-order valence-electron chi connectivity index (χ0n) is 19.7. The first kappa shape index (κ1) is 24.9. The average molecular weight is 469 g/mol. The number of nitrogens with zero attached hydrogens (tertiary/aromatic N) is 4. The third-order valence-corrected chi connectivity index (χ3v) is 5.15. The van der Waals surface area contributed by atoms with Gasteiger partial charge in [0.1, 0.15) is 12.4 Å². The Morgan fingerprint density at radius 3 is 2.35 bits per heavy atom. The number of carbonyl (C=O) groups is 4. The number of Topliss-reactive ketones (excluding diaryl/α,β-unsaturated/α-hetero) is 1. The van der Waals surface area contributed by atoms with Crippen LogP contribution in [0.5, 0.6) is 0 Å². The van der Waals surface area contributed by atoms with Gasteiger partial charge in [-0.2, -0.15) is 4.99 Å². The summed E-state index contributed by atoms with van der Waals surface area (Å²) in [5, 5.41) is 10.4. The predicted octanol–water partition coefficient (Wildman–Crippen LogP) is 0.834. The molecule has 2 atom stereocenters.